The van der Waals surface area contributed by atoms with Crippen LogP contribution in [0.3, 0.4) is 0 Å². The van der Waals surface area contributed by atoms with Crippen LogP contribution in [0.1, 0.15) is 0 Å². The SMILES string of the molecule is O=C(OOO)C(F)(F)Cl. The molecule has 0 aliphatic rings. The second-order valence-corrected chi connectivity index (χ2v) is 1.42. The van der Waals surface area contributed by atoms with Crippen molar-refractivity contribution < 1.29 is 28.8 Å². The Labute approximate surface area is 52.8 Å². The van der Waals surface area contributed by atoms with Gasteiger partial charge in [0.1, 0.15) is 0 Å². The van der Waals surface area contributed by atoms with Crippen LogP contribution < -0.4 is 0 Å². The highest BCUT2D eigenvalue weighted by Gasteiger charge is 2.39. The number of carbonyl (C=O) groups excluding carboxylic acids is 1. The standard InChI is InChI=1S/C2HClF2O4/c3-2(4,5)1(6)8-9-7/h7H. The molecule has 9 heavy (non-hydrogen) atoms. The van der Waals surface area contributed by atoms with Gasteiger partial charge in [-0.05, 0) is 16.6 Å². The number of carbonyl (C=O) groups is 1. The summed E-state index contributed by atoms with van der Waals surface area (Å²) >= 11 is 4.06. The zero-order chi connectivity index (χ0) is 7.49. The van der Waals surface area contributed by atoms with Gasteiger partial charge < -0.3 is 0 Å². The molecule has 1 N–H and O–H groups in total. The summed E-state index contributed by atoms with van der Waals surface area (Å²) in [4.78, 5) is 12.6. The minimum atomic E-state index is -4.16. The summed E-state index contributed by atoms with van der Waals surface area (Å²) < 4.78 is 22.8. The fourth-order valence-corrected chi connectivity index (χ4v) is 0.113. The topological polar surface area (TPSA) is 55.8 Å². The Hall–Kier alpha value is -0.460. The molecular formula is C2HClF2O4. The molecule has 0 aromatic rings. The van der Waals surface area contributed by atoms with Gasteiger partial charge in [-0.3, -0.25) is 4.89 Å². The largest absolute Gasteiger partial charge is 0.430 e. The highest BCUT2D eigenvalue weighted by atomic mass is 35.5. The Morgan fingerprint density at radius 3 is 2.22 bits per heavy atom. The van der Waals surface area contributed by atoms with Crippen molar-refractivity contribution in [1.82, 2.24) is 0 Å². The van der Waals surface area contributed by atoms with E-state index in [2.05, 4.69) is 21.5 Å². The van der Waals surface area contributed by atoms with E-state index in [1.807, 2.05) is 0 Å². The smallest absolute Gasteiger partial charge is 0.260 e. The monoisotopic (exact) mass is 162 g/mol. The van der Waals surface area contributed by atoms with Gasteiger partial charge in [0.15, 0.2) is 0 Å². The van der Waals surface area contributed by atoms with Gasteiger partial charge in [0.25, 0.3) is 0 Å². The lowest BCUT2D eigenvalue weighted by atomic mass is 10.7. The molecule has 0 saturated heterocycles. The zero-order valence-corrected chi connectivity index (χ0v) is 4.56. The van der Waals surface area contributed by atoms with Crippen molar-refractivity contribution in [2.45, 2.75) is 5.38 Å². The molecule has 0 radical (unpaired) electrons. The minimum absolute atomic E-state index is 2.17. The first-order valence-corrected chi connectivity index (χ1v) is 1.95. The molecule has 4 nitrogen and oxygen atoms in total. The summed E-state index contributed by atoms with van der Waals surface area (Å²) in [5.41, 5.74) is 0. The molecule has 7 heteroatoms. The Morgan fingerprint density at radius 2 is 2.11 bits per heavy atom. The van der Waals surface area contributed by atoms with E-state index in [9.17, 15) is 13.6 Å². The molecule has 0 aliphatic heterocycles. The van der Waals surface area contributed by atoms with Crippen molar-refractivity contribution in [1.29, 1.82) is 0 Å². The van der Waals surface area contributed by atoms with Crippen LogP contribution >= 0.6 is 11.6 Å². The molecule has 0 spiro atoms. The lowest BCUT2D eigenvalue weighted by Crippen LogP contribution is -2.23. The van der Waals surface area contributed by atoms with Crippen LogP contribution in [-0.2, 0) is 14.7 Å². The van der Waals surface area contributed by atoms with Crippen LogP contribution in [0.2, 0.25) is 0 Å². The summed E-state index contributed by atoms with van der Waals surface area (Å²) in [7, 11) is 0. The fraction of sp³-hybridized carbons (Fsp3) is 0.500. The maximum Gasteiger partial charge on any atom is 0.430 e. The highest BCUT2D eigenvalue weighted by Crippen LogP contribution is 2.19. The summed E-state index contributed by atoms with van der Waals surface area (Å²) in [6.07, 6.45) is 0. The number of rotatable bonds is 2. The van der Waals surface area contributed by atoms with Crippen LogP contribution in [0.5, 0.6) is 0 Å². The van der Waals surface area contributed by atoms with Crippen molar-refractivity contribution in [3.05, 3.63) is 0 Å². The van der Waals surface area contributed by atoms with E-state index in [1.165, 1.54) is 0 Å². The number of hydrogen-bond donors (Lipinski definition) is 1. The predicted molar refractivity (Wildman–Crippen MR) is 20.6 cm³/mol. The minimum Gasteiger partial charge on any atom is -0.260 e. The molecular weight excluding hydrogens is 161 g/mol. The second-order valence-electron chi connectivity index (χ2n) is 0.943. The molecule has 0 atom stereocenters. The third-order valence-electron chi connectivity index (χ3n) is 0.344. The predicted octanol–water partition coefficient (Wildman–Crippen LogP) is 0.766. The van der Waals surface area contributed by atoms with E-state index in [-0.39, 0.29) is 0 Å². The van der Waals surface area contributed by atoms with Gasteiger partial charge in [-0.1, -0.05) is 0 Å². The first-order chi connectivity index (χ1) is 3.98. The lowest BCUT2D eigenvalue weighted by molar-refractivity contribution is -0.465. The van der Waals surface area contributed by atoms with Gasteiger partial charge in [0, 0.05) is 0 Å². The van der Waals surface area contributed by atoms with E-state index in [1.54, 1.807) is 0 Å². The second kappa shape index (κ2) is 2.90. The lowest BCUT2D eigenvalue weighted by Gasteiger charge is -2.01. The van der Waals surface area contributed by atoms with Crippen LogP contribution in [-0.4, -0.2) is 16.6 Å². The van der Waals surface area contributed by atoms with E-state index in [4.69, 9.17) is 5.26 Å². The van der Waals surface area contributed by atoms with Gasteiger partial charge >= 0.3 is 11.4 Å². The number of halogens is 3. The van der Waals surface area contributed by atoms with Gasteiger partial charge in [-0.2, -0.15) is 8.78 Å². The van der Waals surface area contributed by atoms with Gasteiger partial charge in [-0.15, -0.1) is 0 Å². The normalized spacial score (nSPS) is 11.1. The fourth-order valence-electron chi connectivity index (χ4n) is 0.0811. The Bertz CT molecular complexity index is 110. The molecule has 0 aromatic carbocycles. The summed E-state index contributed by atoms with van der Waals surface area (Å²) in [5.74, 6) is -2.17. The molecule has 0 heterocycles. The van der Waals surface area contributed by atoms with Crippen LogP contribution in [0.25, 0.3) is 0 Å². The van der Waals surface area contributed by atoms with E-state index < -0.39 is 11.4 Å². The third kappa shape index (κ3) is 3.17. The van der Waals surface area contributed by atoms with Gasteiger partial charge in [-0.25, -0.2) is 10.1 Å². The first kappa shape index (κ1) is 8.54. The quantitative estimate of drug-likeness (QED) is 0.370. The molecule has 0 rings (SSSR count). The van der Waals surface area contributed by atoms with Crippen LogP contribution in [0, 0.1) is 0 Å². The molecule has 0 saturated carbocycles. The summed E-state index contributed by atoms with van der Waals surface area (Å²) in [6, 6.07) is 0. The molecule has 0 aliphatic carbocycles. The van der Waals surface area contributed by atoms with Gasteiger partial charge in [0.2, 0.25) is 0 Å². The maximum atomic E-state index is 11.4. The Kier molecular flexibility index (Phi) is 2.75. The van der Waals surface area contributed by atoms with Crippen LogP contribution in [0.15, 0.2) is 0 Å². The molecule has 54 valence electrons. The maximum absolute atomic E-state index is 11.4. The molecule has 0 aromatic heterocycles. The number of alkyl halides is 3. The number of hydrogen-bond acceptors (Lipinski definition) is 4. The zero-order valence-electron chi connectivity index (χ0n) is 3.81. The third-order valence-corrected chi connectivity index (χ3v) is 0.499. The molecule has 0 amide bonds. The molecule has 0 unspecified atom stereocenters. The Balaban J connectivity index is 3.74. The van der Waals surface area contributed by atoms with E-state index in [0.717, 1.165) is 0 Å². The first-order valence-electron chi connectivity index (χ1n) is 1.57. The van der Waals surface area contributed by atoms with Crippen LogP contribution in [0.4, 0.5) is 8.78 Å². The summed E-state index contributed by atoms with van der Waals surface area (Å²) in [5, 5.41) is 5.72. The average Bonchev–Trinajstić information content (AvgIpc) is 1.64. The van der Waals surface area contributed by atoms with E-state index >= 15 is 0 Å². The average molecular weight is 162 g/mol. The Morgan fingerprint density at radius 1 is 1.67 bits per heavy atom. The highest BCUT2D eigenvalue weighted by molar-refractivity contribution is 6.31. The van der Waals surface area contributed by atoms with Crippen molar-refractivity contribution in [2.24, 2.45) is 0 Å². The van der Waals surface area contributed by atoms with Crippen molar-refractivity contribution in [3.63, 3.8) is 0 Å². The van der Waals surface area contributed by atoms with Crippen molar-refractivity contribution >= 4 is 17.6 Å². The summed E-state index contributed by atoms with van der Waals surface area (Å²) in [6.45, 7) is 0. The van der Waals surface area contributed by atoms with Crippen molar-refractivity contribution in [2.75, 3.05) is 0 Å². The molecule has 0 fully saturated rings. The van der Waals surface area contributed by atoms with Gasteiger partial charge in [0.05, 0.1) is 0 Å². The van der Waals surface area contributed by atoms with E-state index in [0.29, 0.717) is 0 Å². The molecule has 0 bridgehead atoms. The van der Waals surface area contributed by atoms with Crippen molar-refractivity contribution in [3.8, 4) is 0 Å².